The molecule has 0 fully saturated rings. The van der Waals surface area contributed by atoms with Crippen LogP contribution >= 0.6 is 0 Å². The normalized spacial score (nSPS) is 11.9. The van der Waals surface area contributed by atoms with E-state index in [0.29, 0.717) is 17.9 Å². The fourth-order valence-electron chi connectivity index (χ4n) is 3.54. The van der Waals surface area contributed by atoms with Gasteiger partial charge in [-0.1, -0.05) is 37.6 Å². The van der Waals surface area contributed by atoms with Gasteiger partial charge >= 0.3 is 0 Å². The molecule has 1 N–H and O–H groups in total. The molecular formula is C26H35N3O6S. The molecule has 10 heteroatoms. The molecule has 1 atom stereocenters. The lowest BCUT2D eigenvalue weighted by atomic mass is 10.1. The molecule has 36 heavy (non-hydrogen) atoms. The van der Waals surface area contributed by atoms with E-state index in [9.17, 15) is 22.8 Å². The first kappa shape index (κ1) is 28.8. The monoisotopic (exact) mass is 517 g/mol. The fraction of sp³-hybridized carbons (Fsp3) is 0.423. The van der Waals surface area contributed by atoms with Crippen molar-refractivity contribution in [2.45, 2.75) is 46.2 Å². The zero-order valence-electron chi connectivity index (χ0n) is 21.5. The summed E-state index contributed by atoms with van der Waals surface area (Å²) in [5, 5.41) is 2.84. The number of hydrogen-bond acceptors (Lipinski definition) is 6. The summed E-state index contributed by atoms with van der Waals surface area (Å²) in [6.07, 6.45) is 2.71. The van der Waals surface area contributed by atoms with Crippen LogP contribution in [0.15, 0.2) is 48.5 Å². The summed E-state index contributed by atoms with van der Waals surface area (Å²) in [7, 11) is -2.33. The van der Waals surface area contributed by atoms with E-state index in [1.807, 2.05) is 6.92 Å². The molecule has 0 aliphatic carbocycles. The Morgan fingerprint density at radius 3 is 2.31 bits per heavy atom. The lowest BCUT2D eigenvalue weighted by Gasteiger charge is -2.31. The maximum absolute atomic E-state index is 13.5. The Balaban J connectivity index is 2.38. The highest BCUT2D eigenvalue weighted by atomic mass is 32.2. The predicted molar refractivity (Wildman–Crippen MR) is 140 cm³/mol. The average Bonchev–Trinajstić information content (AvgIpc) is 2.85. The number of methoxy groups -OCH3 is 1. The summed E-state index contributed by atoms with van der Waals surface area (Å²) in [4.78, 5) is 39.6. The smallest absolute Gasteiger partial charge is 0.244 e. The van der Waals surface area contributed by atoms with Gasteiger partial charge in [0.25, 0.3) is 0 Å². The molecule has 0 spiro atoms. The highest BCUT2D eigenvalue weighted by Gasteiger charge is 2.30. The predicted octanol–water partition coefficient (Wildman–Crippen LogP) is 3.00. The number of benzene rings is 2. The third-order valence-corrected chi connectivity index (χ3v) is 6.87. The molecule has 0 aromatic heterocycles. The van der Waals surface area contributed by atoms with Crippen molar-refractivity contribution in [3.63, 3.8) is 0 Å². The van der Waals surface area contributed by atoms with E-state index in [0.717, 1.165) is 29.0 Å². The van der Waals surface area contributed by atoms with Crippen LogP contribution in [0.4, 0.5) is 5.69 Å². The Hall–Kier alpha value is -3.40. The van der Waals surface area contributed by atoms with Crippen molar-refractivity contribution in [1.82, 2.24) is 10.2 Å². The molecule has 2 aromatic carbocycles. The van der Waals surface area contributed by atoms with Crippen LogP contribution in [-0.4, -0.2) is 63.4 Å². The van der Waals surface area contributed by atoms with E-state index >= 15 is 0 Å². The van der Waals surface area contributed by atoms with Crippen LogP contribution in [0.5, 0.6) is 5.75 Å². The van der Waals surface area contributed by atoms with E-state index in [2.05, 4.69) is 5.32 Å². The molecule has 0 saturated heterocycles. The number of nitrogens with zero attached hydrogens (tertiary/aromatic N) is 2. The molecule has 0 unspecified atom stereocenters. The van der Waals surface area contributed by atoms with Crippen LogP contribution in [-0.2, 0) is 26.2 Å². The number of unbranched alkanes of at least 4 members (excludes halogenated alkanes) is 1. The molecule has 2 amide bonds. The standard InChI is InChI=1S/C26H35N3O6S/c1-6-7-15-27-26(32)19(2)28(17-21-11-13-24(35-4)14-12-21)25(31)18-29(36(5,33)34)23-10-8-9-22(16-23)20(3)30/h8-14,16,19H,6-7,15,17-18H2,1-5H3,(H,27,32)/t19-/m1/s1. The minimum absolute atomic E-state index is 0.0935. The van der Waals surface area contributed by atoms with Crippen LogP contribution in [0.2, 0.25) is 0 Å². The molecule has 0 aliphatic rings. The van der Waals surface area contributed by atoms with Crippen LogP contribution in [0.25, 0.3) is 0 Å². The summed E-state index contributed by atoms with van der Waals surface area (Å²) in [6, 6.07) is 12.3. The summed E-state index contributed by atoms with van der Waals surface area (Å²) in [5.41, 5.74) is 1.28. The molecule has 0 radical (unpaired) electrons. The number of hydrogen-bond donors (Lipinski definition) is 1. The Bertz CT molecular complexity index is 1160. The topological polar surface area (TPSA) is 113 Å². The Kier molecular flexibility index (Phi) is 10.5. The number of ketones is 1. The minimum Gasteiger partial charge on any atom is -0.497 e. The molecule has 9 nitrogen and oxygen atoms in total. The van der Waals surface area contributed by atoms with Gasteiger partial charge in [-0.2, -0.15) is 0 Å². The highest BCUT2D eigenvalue weighted by Crippen LogP contribution is 2.21. The summed E-state index contributed by atoms with van der Waals surface area (Å²) < 4.78 is 31.4. The Morgan fingerprint density at radius 2 is 1.75 bits per heavy atom. The Labute approximate surface area is 213 Å². The van der Waals surface area contributed by atoms with Gasteiger partial charge in [-0.25, -0.2) is 8.42 Å². The minimum atomic E-state index is -3.88. The van der Waals surface area contributed by atoms with Crippen LogP contribution < -0.4 is 14.4 Å². The number of Topliss-reactive ketones (excluding diaryl/α,β-unsaturated/α-hetero) is 1. The van der Waals surface area contributed by atoms with E-state index in [-0.39, 0.29) is 23.9 Å². The van der Waals surface area contributed by atoms with Crippen LogP contribution in [0.3, 0.4) is 0 Å². The van der Waals surface area contributed by atoms with Crippen LogP contribution in [0.1, 0.15) is 49.5 Å². The second kappa shape index (κ2) is 13.1. The van der Waals surface area contributed by atoms with Crippen molar-refractivity contribution in [2.75, 3.05) is 30.8 Å². The molecule has 196 valence electrons. The van der Waals surface area contributed by atoms with Gasteiger partial charge in [0.15, 0.2) is 5.78 Å². The number of sulfonamides is 1. The van der Waals surface area contributed by atoms with Gasteiger partial charge in [-0.3, -0.25) is 18.7 Å². The van der Waals surface area contributed by atoms with Crippen molar-refractivity contribution < 1.29 is 27.5 Å². The van der Waals surface area contributed by atoms with Crippen molar-refractivity contribution >= 4 is 33.3 Å². The Morgan fingerprint density at radius 1 is 1.08 bits per heavy atom. The largest absolute Gasteiger partial charge is 0.497 e. The van der Waals surface area contributed by atoms with Gasteiger partial charge in [-0.15, -0.1) is 0 Å². The zero-order chi connectivity index (χ0) is 26.9. The SMILES string of the molecule is CCCCNC(=O)[C@@H](C)N(Cc1ccc(OC)cc1)C(=O)CN(c1cccc(C(C)=O)c1)S(C)(=O)=O. The number of ether oxygens (including phenoxy) is 1. The van der Waals surface area contributed by atoms with Crippen molar-refractivity contribution in [1.29, 1.82) is 0 Å². The first-order valence-electron chi connectivity index (χ1n) is 11.8. The average molecular weight is 518 g/mol. The van der Waals surface area contributed by atoms with Gasteiger partial charge in [0, 0.05) is 18.7 Å². The van der Waals surface area contributed by atoms with Gasteiger partial charge in [0.2, 0.25) is 21.8 Å². The number of anilines is 1. The number of carbonyl (C=O) groups is 3. The number of carbonyl (C=O) groups excluding carboxylic acids is 3. The maximum Gasteiger partial charge on any atom is 0.244 e. The number of amides is 2. The molecular weight excluding hydrogens is 482 g/mol. The summed E-state index contributed by atoms with van der Waals surface area (Å²) in [6.45, 7) is 5.06. The van der Waals surface area contributed by atoms with Crippen molar-refractivity contribution in [2.24, 2.45) is 0 Å². The molecule has 2 aromatic rings. The molecule has 0 heterocycles. The van der Waals surface area contributed by atoms with Crippen molar-refractivity contribution in [3.8, 4) is 5.75 Å². The summed E-state index contributed by atoms with van der Waals surface area (Å²) in [5.74, 6) is -0.455. The molecule has 0 bridgehead atoms. The second-order valence-electron chi connectivity index (χ2n) is 8.57. The zero-order valence-corrected chi connectivity index (χ0v) is 22.3. The third kappa shape index (κ3) is 8.08. The van der Waals surface area contributed by atoms with E-state index in [4.69, 9.17) is 4.74 Å². The number of rotatable bonds is 13. The van der Waals surface area contributed by atoms with Gasteiger partial charge in [0.05, 0.1) is 19.1 Å². The van der Waals surface area contributed by atoms with E-state index < -0.39 is 28.5 Å². The lowest BCUT2D eigenvalue weighted by molar-refractivity contribution is -0.139. The van der Waals surface area contributed by atoms with Gasteiger partial charge < -0.3 is 15.0 Å². The first-order chi connectivity index (χ1) is 17.0. The highest BCUT2D eigenvalue weighted by molar-refractivity contribution is 7.92. The molecule has 0 saturated carbocycles. The third-order valence-electron chi connectivity index (χ3n) is 5.73. The van der Waals surface area contributed by atoms with E-state index in [1.54, 1.807) is 50.4 Å². The first-order valence-corrected chi connectivity index (χ1v) is 13.6. The lowest BCUT2D eigenvalue weighted by Crippen LogP contribution is -2.51. The van der Waals surface area contributed by atoms with Crippen molar-refractivity contribution in [3.05, 3.63) is 59.7 Å². The maximum atomic E-state index is 13.5. The van der Waals surface area contributed by atoms with E-state index in [1.165, 1.54) is 24.0 Å². The van der Waals surface area contributed by atoms with Gasteiger partial charge in [-0.05, 0) is 50.1 Å². The molecule has 2 rings (SSSR count). The second-order valence-corrected chi connectivity index (χ2v) is 10.5. The van der Waals surface area contributed by atoms with Gasteiger partial charge in [0.1, 0.15) is 18.3 Å². The molecule has 0 aliphatic heterocycles. The quantitative estimate of drug-likeness (QED) is 0.323. The fourth-order valence-corrected chi connectivity index (χ4v) is 4.38. The summed E-state index contributed by atoms with van der Waals surface area (Å²) >= 11 is 0. The van der Waals surface area contributed by atoms with Crippen LogP contribution in [0, 0.1) is 0 Å². The number of nitrogens with one attached hydrogen (secondary N) is 1.